The first-order valence-electron chi connectivity index (χ1n) is 9.17. The van der Waals surface area contributed by atoms with Crippen molar-refractivity contribution in [3.8, 4) is 6.07 Å². The molecule has 146 valence electrons. The molecule has 0 aromatic heterocycles. The van der Waals surface area contributed by atoms with E-state index in [1.807, 2.05) is 55.6 Å². The standard InChI is InChI=1S/C23H19Cl2N3O/c1-28-12-16(10-14-2-6-17(24)7-3-14)22-20(13-28)21(19(11-26)23(27)29-22)15-4-8-18(25)9-5-15/h2-10,21H,12-13,27H2,1H3/b16-10+/t21-/m0/s1. The van der Waals surface area contributed by atoms with E-state index in [-0.39, 0.29) is 11.8 Å². The lowest BCUT2D eigenvalue weighted by Crippen LogP contribution is -2.35. The quantitative estimate of drug-likeness (QED) is 0.730. The van der Waals surface area contributed by atoms with Gasteiger partial charge in [-0.3, -0.25) is 4.90 Å². The molecule has 2 aliphatic rings. The summed E-state index contributed by atoms with van der Waals surface area (Å²) < 4.78 is 5.99. The highest BCUT2D eigenvalue weighted by Gasteiger charge is 2.36. The van der Waals surface area contributed by atoms with E-state index in [0.29, 0.717) is 28.7 Å². The van der Waals surface area contributed by atoms with E-state index in [9.17, 15) is 5.26 Å². The van der Waals surface area contributed by atoms with E-state index >= 15 is 0 Å². The molecule has 2 heterocycles. The maximum absolute atomic E-state index is 9.77. The molecule has 1 atom stereocenters. The van der Waals surface area contributed by atoms with Crippen LogP contribution in [0, 0.1) is 11.3 Å². The molecule has 0 saturated carbocycles. The molecule has 6 heteroatoms. The number of nitrogens with zero attached hydrogens (tertiary/aromatic N) is 2. The predicted molar refractivity (Wildman–Crippen MR) is 116 cm³/mol. The second kappa shape index (κ2) is 7.96. The van der Waals surface area contributed by atoms with Crippen molar-refractivity contribution in [3.63, 3.8) is 0 Å². The highest BCUT2D eigenvalue weighted by Crippen LogP contribution is 2.43. The Balaban J connectivity index is 1.85. The predicted octanol–water partition coefficient (Wildman–Crippen LogP) is 5.08. The topological polar surface area (TPSA) is 62.3 Å². The Morgan fingerprint density at radius 2 is 1.69 bits per heavy atom. The summed E-state index contributed by atoms with van der Waals surface area (Å²) in [6, 6.07) is 17.4. The van der Waals surface area contributed by atoms with Gasteiger partial charge in [-0.25, -0.2) is 0 Å². The molecule has 0 unspecified atom stereocenters. The van der Waals surface area contributed by atoms with Gasteiger partial charge in [-0.1, -0.05) is 47.5 Å². The summed E-state index contributed by atoms with van der Waals surface area (Å²) in [7, 11) is 2.05. The monoisotopic (exact) mass is 423 g/mol. The van der Waals surface area contributed by atoms with Crippen LogP contribution in [0.3, 0.4) is 0 Å². The molecule has 2 aromatic carbocycles. The number of likely N-dealkylation sites (N-methyl/N-ethyl adjacent to an activating group) is 1. The lowest BCUT2D eigenvalue weighted by molar-refractivity contribution is 0.251. The first-order valence-corrected chi connectivity index (χ1v) is 9.93. The molecule has 2 aliphatic heterocycles. The minimum Gasteiger partial charge on any atom is -0.440 e. The molecule has 2 aromatic rings. The normalized spacial score (nSPS) is 21.0. The van der Waals surface area contributed by atoms with E-state index in [4.69, 9.17) is 33.7 Å². The van der Waals surface area contributed by atoms with Crippen molar-refractivity contribution in [2.24, 2.45) is 5.73 Å². The van der Waals surface area contributed by atoms with Gasteiger partial charge in [0.05, 0.1) is 5.92 Å². The Labute approximate surface area is 180 Å². The fraction of sp³-hybridized carbons (Fsp3) is 0.174. The maximum Gasteiger partial charge on any atom is 0.205 e. The minimum absolute atomic E-state index is 0.151. The Hall–Kier alpha value is -2.71. The fourth-order valence-corrected chi connectivity index (χ4v) is 4.09. The molecule has 0 fully saturated rings. The third-order valence-electron chi connectivity index (χ3n) is 5.11. The number of hydrogen-bond donors (Lipinski definition) is 1. The molecule has 0 radical (unpaired) electrons. The smallest absolute Gasteiger partial charge is 0.205 e. The highest BCUT2D eigenvalue weighted by molar-refractivity contribution is 6.30. The zero-order valence-electron chi connectivity index (χ0n) is 15.8. The molecule has 0 bridgehead atoms. The molecular weight excluding hydrogens is 405 g/mol. The number of nitriles is 1. The zero-order chi connectivity index (χ0) is 20.5. The van der Waals surface area contributed by atoms with Crippen LogP contribution in [-0.4, -0.2) is 25.0 Å². The van der Waals surface area contributed by atoms with Gasteiger partial charge in [0.15, 0.2) is 0 Å². The molecule has 29 heavy (non-hydrogen) atoms. The second-order valence-electron chi connectivity index (χ2n) is 7.22. The first-order chi connectivity index (χ1) is 14.0. The third kappa shape index (κ3) is 3.90. The van der Waals surface area contributed by atoms with Crippen LogP contribution in [0.5, 0.6) is 0 Å². The summed E-state index contributed by atoms with van der Waals surface area (Å²) >= 11 is 12.1. The van der Waals surface area contributed by atoms with Gasteiger partial charge in [-0.2, -0.15) is 5.26 Å². The highest BCUT2D eigenvalue weighted by atomic mass is 35.5. The number of nitrogens with two attached hydrogens (primary N) is 1. The van der Waals surface area contributed by atoms with Gasteiger partial charge < -0.3 is 10.5 Å². The van der Waals surface area contributed by atoms with E-state index in [1.54, 1.807) is 0 Å². The summed E-state index contributed by atoms with van der Waals surface area (Å²) in [6.07, 6.45) is 2.07. The summed E-state index contributed by atoms with van der Waals surface area (Å²) in [5, 5.41) is 11.1. The van der Waals surface area contributed by atoms with Gasteiger partial charge in [0.1, 0.15) is 17.4 Å². The van der Waals surface area contributed by atoms with E-state index in [1.165, 1.54) is 0 Å². The average Bonchev–Trinajstić information content (AvgIpc) is 2.70. The average molecular weight is 424 g/mol. The van der Waals surface area contributed by atoms with Gasteiger partial charge in [0.25, 0.3) is 0 Å². The van der Waals surface area contributed by atoms with Crippen molar-refractivity contribution >= 4 is 29.3 Å². The Bertz CT molecular complexity index is 1080. The Morgan fingerprint density at radius 1 is 1.07 bits per heavy atom. The fourth-order valence-electron chi connectivity index (χ4n) is 3.84. The number of allylic oxidation sites excluding steroid dienone is 1. The lowest BCUT2D eigenvalue weighted by Gasteiger charge is -2.36. The summed E-state index contributed by atoms with van der Waals surface area (Å²) in [4.78, 5) is 2.20. The molecule has 4 rings (SSSR count). The molecule has 0 aliphatic carbocycles. The first kappa shape index (κ1) is 19.6. The van der Waals surface area contributed by atoms with Gasteiger partial charge in [0.2, 0.25) is 5.88 Å². The van der Waals surface area contributed by atoms with Gasteiger partial charge >= 0.3 is 0 Å². The van der Waals surface area contributed by atoms with Crippen LogP contribution in [0.1, 0.15) is 17.0 Å². The van der Waals surface area contributed by atoms with E-state index in [0.717, 1.165) is 28.0 Å². The second-order valence-corrected chi connectivity index (χ2v) is 8.10. The van der Waals surface area contributed by atoms with Gasteiger partial charge in [-0.15, -0.1) is 0 Å². The van der Waals surface area contributed by atoms with Crippen molar-refractivity contribution < 1.29 is 4.74 Å². The molecular formula is C23H19Cl2N3O. The van der Waals surface area contributed by atoms with Crippen LogP contribution in [-0.2, 0) is 4.74 Å². The van der Waals surface area contributed by atoms with E-state index < -0.39 is 0 Å². The lowest BCUT2D eigenvalue weighted by atomic mass is 9.80. The molecule has 0 saturated heterocycles. The van der Waals surface area contributed by atoms with Crippen molar-refractivity contribution in [3.05, 3.63) is 98.1 Å². The van der Waals surface area contributed by atoms with Crippen molar-refractivity contribution in [1.29, 1.82) is 5.26 Å². The van der Waals surface area contributed by atoms with Crippen LogP contribution < -0.4 is 5.73 Å². The van der Waals surface area contributed by atoms with Crippen molar-refractivity contribution in [1.82, 2.24) is 4.90 Å². The Morgan fingerprint density at radius 3 is 2.31 bits per heavy atom. The number of halogens is 2. The van der Waals surface area contributed by atoms with Gasteiger partial charge in [-0.05, 0) is 54.1 Å². The number of hydrogen-bond acceptors (Lipinski definition) is 4. The largest absolute Gasteiger partial charge is 0.440 e. The molecule has 4 nitrogen and oxygen atoms in total. The Kier molecular flexibility index (Phi) is 5.38. The maximum atomic E-state index is 9.77. The van der Waals surface area contributed by atoms with Crippen LogP contribution in [0.25, 0.3) is 6.08 Å². The SMILES string of the molecule is CN1CC2=C(OC(N)=C(C#N)[C@@H]2c2ccc(Cl)cc2)/C(=C/c2ccc(Cl)cc2)C1. The van der Waals surface area contributed by atoms with Crippen LogP contribution in [0.2, 0.25) is 10.0 Å². The van der Waals surface area contributed by atoms with Crippen molar-refractivity contribution in [2.75, 3.05) is 20.1 Å². The number of rotatable bonds is 2. The van der Waals surface area contributed by atoms with Crippen molar-refractivity contribution in [2.45, 2.75) is 5.92 Å². The summed E-state index contributed by atoms with van der Waals surface area (Å²) in [6.45, 7) is 1.39. The summed E-state index contributed by atoms with van der Waals surface area (Å²) in [5.74, 6) is 0.629. The molecule has 0 spiro atoms. The van der Waals surface area contributed by atoms with Crippen LogP contribution >= 0.6 is 23.2 Å². The van der Waals surface area contributed by atoms with Crippen LogP contribution in [0.4, 0.5) is 0 Å². The summed E-state index contributed by atoms with van der Waals surface area (Å²) in [5.41, 5.74) is 10.6. The number of ether oxygens (including phenoxy) is 1. The third-order valence-corrected chi connectivity index (χ3v) is 5.62. The molecule has 2 N–H and O–H groups in total. The number of benzene rings is 2. The van der Waals surface area contributed by atoms with Gasteiger partial charge in [0, 0.05) is 28.7 Å². The molecule has 0 amide bonds. The van der Waals surface area contributed by atoms with Crippen LogP contribution in [0.15, 0.2) is 76.9 Å². The zero-order valence-corrected chi connectivity index (χ0v) is 17.3. The van der Waals surface area contributed by atoms with E-state index in [2.05, 4.69) is 17.0 Å². The minimum atomic E-state index is -0.266.